The summed E-state index contributed by atoms with van der Waals surface area (Å²) in [5.74, 6) is 1.04. The number of piperazine rings is 1. The number of anilines is 1. The molecule has 1 saturated heterocycles. The van der Waals surface area contributed by atoms with Crippen LogP contribution in [-0.2, 0) is 9.78 Å². The average molecular weight is 371 g/mol. The molecule has 146 valence electrons. The van der Waals surface area contributed by atoms with Gasteiger partial charge in [0.1, 0.15) is 11.5 Å². The van der Waals surface area contributed by atoms with Crippen LogP contribution in [0.15, 0.2) is 42.6 Å². The van der Waals surface area contributed by atoms with E-state index < -0.39 is 0 Å². The molecule has 0 unspecified atom stereocenters. The third-order valence-corrected chi connectivity index (χ3v) is 4.55. The molecule has 0 saturated carbocycles. The second-order valence-corrected chi connectivity index (χ2v) is 6.38. The van der Waals surface area contributed by atoms with Gasteiger partial charge in [0.15, 0.2) is 0 Å². The molecule has 2 aromatic heterocycles. The maximum Gasteiger partial charge on any atom is 0.129 e. The number of H-pyrrole nitrogens is 1. The van der Waals surface area contributed by atoms with Crippen LogP contribution >= 0.6 is 0 Å². The highest BCUT2D eigenvalue weighted by Gasteiger charge is 2.16. The van der Waals surface area contributed by atoms with Crippen LogP contribution in [0.5, 0.6) is 0 Å². The Morgan fingerprint density at radius 2 is 1.93 bits per heavy atom. The molecule has 1 aliphatic heterocycles. The number of benzene rings is 1. The summed E-state index contributed by atoms with van der Waals surface area (Å²) >= 11 is 0. The molecule has 1 N–H and O–H groups in total. The predicted molar refractivity (Wildman–Crippen MR) is 110 cm³/mol. The summed E-state index contributed by atoms with van der Waals surface area (Å²) < 4.78 is 0. The Kier molecular flexibility index (Phi) is 6.75. The topological polar surface area (TPSA) is 66.5 Å². The fraction of sp³-hybridized carbons (Fsp3) is 0.400. The lowest BCUT2D eigenvalue weighted by molar-refractivity contribution is -0.268. The standard InChI is InChI=1S/C17H19N5.C3H8O2.H2/c1-21-8-10-22(11-9-21)16-12-13(6-7-18-16)17-14-4-2-3-5-15(14)19-20-17;1-3-5-4-2;/h2-7,12H,8-11H2,1H3,(H,19,20);3H2,1-2H3;1H. The van der Waals surface area contributed by atoms with Crippen LogP contribution < -0.4 is 4.90 Å². The number of hydrogen-bond acceptors (Lipinski definition) is 6. The van der Waals surface area contributed by atoms with Crippen molar-refractivity contribution in [2.24, 2.45) is 0 Å². The summed E-state index contributed by atoms with van der Waals surface area (Å²) in [6.45, 7) is 6.69. The molecule has 3 heterocycles. The first-order chi connectivity index (χ1) is 13.2. The Balaban J connectivity index is 0.000000420. The number of aromatic amines is 1. The number of para-hydroxylation sites is 1. The molecular formula is C20H29N5O2. The van der Waals surface area contributed by atoms with Crippen molar-refractivity contribution in [3.8, 4) is 11.3 Å². The lowest BCUT2D eigenvalue weighted by Gasteiger charge is -2.33. The van der Waals surface area contributed by atoms with Crippen molar-refractivity contribution < 1.29 is 11.2 Å². The van der Waals surface area contributed by atoms with E-state index in [1.807, 2.05) is 31.3 Å². The Bertz CT molecular complexity index is 847. The smallest absolute Gasteiger partial charge is 0.129 e. The molecule has 1 fully saturated rings. The fourth-order valence-corrected chi connectivity index (χ4v) is 3.08. The first-order valence-electron chi connectivity index (χ1n) is 9.21. The highest BCUT2D eigenvalue weighted by molar-refractivity contribution is 5.93. The van der Waals surface area contributed by atoms with E-state index in [4.69, 9.17) is 0 Å². The van der Waals surface area contributed by atoms with Gasteiger partial charge in [0.2, 0.25) is 0 Å². The van der Waals surface area contributed by atoms with Crippen molar-refractivity contribution in [1.82, 2.24) is 20.1 Å². The van der Waals surface area contributed by atoms with Crippen LogP contribution in [0, 0.1) is 0 Å². The number of hydrogen-bond donors (Lipinski definition) is 1. The van der Waals surface area contributed by atoms with E-state index in [-0.39, 0.29) is 1.43 Å². The van der Waals surface area contributed by atoms with Crippen molar-refractivity contribution >= 4 is 16.7 Å². The summed E-state index contributed by atoms with van der Waals surface area (Å²) in [5.41, 5.74) is 3.17. The number of fused-ring (bicyclic) bond motifs is 1. The molecule has 0 aliphatic carbocycles. The van der Waals surface area contributed by atoms with Crippen LogP contribution in [0.3, 0.4) is 0 Å². The summed E-state index contributed by atoms with van der Waals surface area (Å²) in [6, 6.07) is 12.4. The minimum atomic E-state index is 0. The SMILES string of the molecule is CCOOC.CN1CCN(c2cc(-c3n[nH]c4ccccc34)ccn2)CC1.[HH]. The lowest BCUT2D eigenvalue weighted by Crippen LogP contribution is -2.44. The van der Waals surface area contributed by atoms with Crippen molar-refractivity contribution in [3.05, 3.63) is 42.6 Å². The van der Waals surface area contributed by atoms with Gasteiger partial charge in [0.05, 0.1) is 19.2 Å². The molecule has 0 radical (unpaired) electrons. The van der Waals surface area contributed by atoms with Crippen LogP contribution in [0.1, 0.15) is 8.35 Å². The third kappa shape index (κ3) is 4.82. The van der Waals surface area contributed by atoms with Gasteiger partial charge in [-0.15, -0.1) is 0 Å². The summed E-state index contributed by atoms with van der Waals surface area (Å²) in [6.07, 6.45) is 1.88. The molecule has 7 heteroatoms. The fourth-order valence-electron chi connectivity index (χ4n) is 3.08. The quantitative estimate of drug-likeness (QED) is 0.561. The number of nitrogens with one attached hydrogen (secondary N) is 1. The lowest BCUT2D eigenvalue weighted by atomic mass is 10.1. The van der Waals surface area contributed by atoms with E-state index in [9.17, 15) is 0 Å². The van der Waals surface area contributed by atoms with Gasteiger partial charge in [-0.1, -0.05) is 18.2 Å². The number of likely N-dealkylation sites (N-methyl/N-ethyl adjacent to an activating group) is 1. The molecular weight excluding hydrogens is 342 g/mol. The molecule has 0 spiro atoms. The van der Waals surface area contributed by atoms with Gasteiger partial charge in [0.25, 0.3) is 0 Å². The van der Waals surface area contributed by atoms with E-state index in [0.29, 0.717) is 6.61 Å². The Hall–Kier alpha value is -2.48. The molecule has 1 aromatic carbocycles. The van der Waals surface area contributed by atoms with Gasteiger partial charge >= 0.3 is 0 Å². The van der Waals surface area contributed by atoms with Crippen LogP contribution in [0.2, 0.25) is 0 Å². The average Bonchev–Trinajstić information content (AvgIpc) is 3.14. The van der Waals surface area contributed by atoms with Crippen molar-refractivity contribution in [1.29, 1.82) is 0 Å². The minimum absolute atomic E-state index is 0. The molecule has 27 heavy (non-hydrogen) atoms. The van der Waals surface area contributed by atoms with Crippen LogP contribution in [0.4, 0.5) is 5.82 Å². The molecule has 0 amide bonds. The molecule has 4 rings (SSSR count). The first kappa shape index (κ1) is 19.3. The van der Waals surface area contributed by atoms with E-state index in [2.05, 4.69) is 60.0 Å². The van der Waals surface area contributed by atoms with E-state index >= 15 is 0 Å². The Labute approximate surface area is 161 Å². The van der Waals surface area contributed by atoms with Gasteiger partial charge < -0.3 is 9.80 Å². The monoisotopic (exact) mass is 371 g/mol. The summed E-state index contributed by atoms with van der Waals surface area (Å²) in [5, 5.41) is 8.74. The van der Waals surface area contributed by atoms with Gasteiger partial charge in [0, 0.05) is 44.8 Å². The summed E-state index contributed by atoms with van der Waals surface area (Å²) in [7, 11) is 3.65. The first-order valence-corrected chi connectivity index (χ1v) is 9.21. The predicted octanol–water partition coefficient (Wildman–Crippen LogP) is 3.21. The highest BCUT2D eigenvalue weighted by atomic mass is 17.2. The molecule has 1 aliphatic rings. The Morgan fingerprint density at radius 1 is 1.15 bits per heavy atom. The van der Waals surface area contributed by atoms with Crippen molar-refractivity contribution in [2.45, 2.75) is 6.92 Å². The number of pyridine rings is 1. The van der Waals surface area contributed by atoms with E-state index in [1.165, 1.54) is 7.11 Å². The third-order valence-electron chi connectivity index (χ3n) is 4.55. The van der Waals surface area contributed by atoms with Gasteiger partial charge in [-0.25, -0.2) is 14.8 Å². The second-order valence-electron chi connectivity index (χ2n) is 6.38. The number of nitrogens with zero attached hydrogens (tertiary/aromatic N) is 4. The number of rotatable bonds is 4. The van der Waals surface area contributed by atoms with Crippen molar-refractivity contribution in [3.63, 3.8) is 0 Å². The van der Waals surface area contributed by atoms with Crippen molar-refractivity contribution in [2.75, 3.05) is 51.8 Å². The van der Waals surface area contributed by atoms with Gasteiger partial charge in [-0.05, 0) is 32.2 Å². The maximum absolute atomic E-state index is 4.55. The number of aromatic nitrogens is 3. The van der Waals surface area contributed by atoms with E-state index in [1.54, 1.807) is 0 Å². The second kappa shape index (κ2) is 9.45. The zero-order chi connectivity index (χ0) is 19.1. The Morgan fingerprint density at radius 3 is 2.63 bits per heavy atom. The summed E-state index contributed by atoms with van der Waals surface area (Å²) in [4.78, 5) is 17.8. The normalized spacial score (nSPS) is 14.9. The van der Waals surface area contributed by atoms with E-state index in [0.717, 1.165) is 54.2 Å². The minimum Gasteiger partial charge on any atom is -0.354 e. The maximum atomic E-state index is 4.55. The highest BCUT2D eigenvalue weighted by Crippen LogP contribution is 2.28. The molecule has 7 nitrogen and oxygen atoms in total. The zero-order valence-electron chi connectivity index (χ0n) is 16.2. The zero-order valence-corrected chi connectivity index (χ0v) is 16.2. The van der Waals surface area contributed by atoms with Crippen LogP contribution in [-0.4, -0.2) is 67.0 Å². The van der Waals surface area contributed by atoms with Crippen LogP contribution in [0.25, 0.3) is 22.2 Å². The van der Waals surface area contributed by atoms with Gasteiger partial charge in [-0.3, -0.25) is 5.10 Å². The van der Waals surface area contributed by atoms with Gasteiger partial charge in [-0.2, -0.15) is 5.10 Å². The molecule has 0 bridgehead atoms. The largest absolute Gasteiger partial charge is 0.354 e. The molecule has 0 atom stereocenters. The molecule has 3 aromatic rings.